The Morgan fingerprint density at radius 3 is 2.94 bits per heavy atom. The second kappa shape index (κ2) is 5.33. The number of nitrogens with one attached hydrogen (secondary N) is 1. The van der Waals surface area contributed by atoms with Gasteiger partial charge in [-0.3, -0.25) is 4.79 Å². The van der Waals surface area contributed by atoms with Crippen LogP contribution in [-0.2, 0) is 4.79 Å². The Labute approximate surface area is 107 Å². The Morgan fingerprint density at radius 2 is 2.28 bits per heavy atom. The fraction of sp³-hybridized carbons (Fsp3) is 0.615. The van der Waals surface area contributed by atoms with Crippen LogP contribution in [0, 0.1) is 5.92 Å². The van der Waals surface area contributed by atoms with Crippen molar-refractivity contribution in [1.29, 1.82) is 0 Å². The lowest BCUT2D eigenvalue weighted by molar-refractivity contribution is -0.141. The van der Waals surface area contributed by atoms with Crippen LogP contribution in [0.5, 0.6) is 0 Å². The third-order valence-corrected chi connectivity index (χ3v) is 3.36. The molecule has 1 aromatic heterocycles. The number of aliphatic carboxylic acids is 1. The van der Waals surface area contributed by atoms with E-state index in [0.29, 0.717) is 0 Å². The molecule has 5 nitrogen and oxygen atoms in total. The van der Waals surface area contributed by atoms with E-state index in [-0.39, 0.29) is 17.9 Å². The van der Waals surface area contributed by atoms with Crippen LogP contribution in [0.25, 0.3) is 0 Å². The van der Waals surface area contributed by atoms with Crippen molar-refractivity contribution in [1.82, 2.24) is 9.97 Å². The summed E-state index contributed by atoms with van der Waals surface area (Å²) in [4.78, 5) is 19.7. The molecule has 0 unspecified atom stereocenters. The second-order valence-electron chi connectivity index (χ2n) is 5.08. The molecule has 2 atom stereocenters. The SMILES string of the molecule is CC(C)c1nccc(N[C@@H]2CCC[C@@H]2C(=O)O)n1. The number of carboxylic acids is 1. The lowest BCUT2D eigenvalue weighted by Crippen LogP contribution is -2.30. The van der Waals surface area contributed by atoms with Crippen molar-refractivity contribution in [3.05, 3.63) is 18.1 Å². The Hall–Kier alpha value is -1.65. The fourth-order valence-electron chi connectivity index (χ4n) is 2.35. The van der Waals surface area contributed by atoms with Crippen LogP contribution in [0.15, 0.2) is 12.3 Å². The van der Waals surface area contributed by atoms with Crippen molar-refractivity contribution in [3.8, 4) is 0 Å². The van der Waals surface area contributed by atoms with Gasteiger partial charge in [0.2, 0.25) is 0 Å². The number of aromatic nitrogens is 2. The fourth-order valence-corrected chi connectivity index (χ4v) is 2.35. The van der Waals surface area contributed by atoms with Gasteiger partial charge in [0.05, 0.1) is 5.92 Å². The normalized spacial score (nSPS) is 23.3. The minimum Gasteiger partial charge on any atom is -0.481 e. The summed E-state index contributed by atoms with van der Waals surface area (Å²) in [7, 11) is 0. The van der Waals surface area contributed by atoms with Crippen molar-refractivity contribution >= 4 is 11.8 Å². The zero-order valence-electron chi connectivity index (χ0n) is 10.8. The lowest BCUT2D eigenvalue weighted by atomic mass is 10.0. The number of rotatable bonds is 4. The lowest BCUT2D eigenvalue weighted by Gasteiger charge is -2.18. The second-order valence-corrected chi connectivity index (χ2v) is 5.08. The average Bonchev–Trinajstić information content (AvgIpc) is 2.77. The maximum atomic E-state index is 11.1. The summed E-state index contributed by atoms with van der Waals surface area (Å²) in [6.07, 6.45) is 4.30. The smallest absolute Gasteiger partial charge is 0.308 e. The number of hydrogen-bond acceptors (Lipinski definition) is 4. The molecule has 1 saturated carbocycles. The van der Waals surface area contributed by atoms with Gasteiger partial charge in [0.15, 0.2) is 0 Å². The highest BCUT2D eigenvalue weighted by Crippen LogP contribution is 2.28. The molecular weight excluding hydrogens is 230 g/mol. The minimum absolute atomic E-state index is 0.0163. The van der Waals surface area contributed by atoms with Gasteiger partial charge in [0.25, 0.3) is 0 Å². The standard InChI is InChI=1S/C13H19N3O2/c1-8(2)12-14-7-6-11(16-12)15-10-5-3-4-9(10)13(17)18/h6-10H,3-5H2,1-2H3,(H,17,18)(H,14,15,16)/t9-,10+/m0/s1. The Kier molecular flexibility index (Phi) is 3.79. The molecule has 2 rings (SSSR count). The molecule has 1 aliphatic rings. The van der Waals surface area contributed by atoms with E-state index >= 15 is 0 Å². The summed E-state index contributed by atoms with van der Waals surface area (Å²) in [5, 5.41) is 12.4. The van der Waals surface area contributed by atoms with E-state index < -0.39 is 5.97 Å². The number of nitrogens with zero attached hydrogens (tertiary/aromatic N) is 2. The zero-order valence-corrected chi connectivity index (χ0v) is 10.8. The summed E-state index contributed by atoms with van der Waals surface area (Å²) in [6.45, 7) is 4.07. The molecular formula is C13H19N3O2. The van der Waals surface area contributed by atoms with Gasteiger partial charge in [-0.2, -0.15) is 0 Å². The van der Waals surface area contributed by atoms with Crippen molar-refractivity contribution in [2.75, 3.05) is 5.32 Å². The van der Waals surface area contributed by atoms with Gasteiger partial charge >= 0.3 is 5.97 Å². The molecule has 0 amide bonds. The molecule has 0 bridgehead atoms. The van der Waals surface area contributed by atoms with Gasteiger partial charge in [-0.15, -0.1) is 0 Å². The summed E-state index contributed by atoms with van der Waals surface area (Å²) >= 11 is 0. The van der Waals surface area contributed by atoms with Crippen LogP contribution in [0.1, 0.15) is 44.9 Å². The number of anilines is 1. The molecule has 1 aliphatic carbocycles. The predicted octanol–water partition coefficient (Wildman–Crippen LogP) is 2.27. The molecule has 0 aromatic carbocycles. The summed E-state index contributed by atoms with van der Waals surface area (Å²) in [6, 6.07) is 1.78. The molecule has 2 N–H and O–H groups in total. The van der Waals surface area contributed by atoms with Crippen LogP contribution in [0.4, 0.5) is 5.82 Å². The van der Waals surface area contributed by atoms with Crippen molar-refractivity contribution in [2.24, 2.45) is 5.92 Å². The first kappa shape index (κ1) is 12.8. The van der Waals surface area contributed by atoms with E-state index in [2.05, 4.69) is 15.3 Å². The largest absolute Gasteiger partial charge is 0.481 e. The predicted molar refractivity (Wildman–Crippen MR) is 68.5 cm³/mol. The molecule has 1 heterocycles. The van der Waals surface area contributed by atoms with Crippen LogP contribution in [0.3, 0.4) is 0 Å². The first-order valence-electron chi connectivity index (χ1n) is 6.40. The summed E-state index contributed by atoms with van der Waals surface area (Å²) in [5.41, 5.74) is 0. The van der Waals surface area contributed by atoms with Crippen LogP contribution >= 0.6 is 0 Å². The zero-order chi connectivity index (χ0) is 13.1. The number of hydrogen-bond donors (Lipinski definition) is 2. The first-order valence-corrected chi connectivity index (χ1v) is 6.40. The number of carboxylic acid groups (broad SMARTS) is 1. The minimum atomic E-state index is -0.719. The molecule has 0 aliphatic heterocycles. The molecule has 1 aromatic rings. The quantitative estimate of drug-likeness (QED) is 0.856. The van der Waals surface area contributed by atoms with Crippen molar-refractivity contribution < 1.29 is 9.90 Å². The van der Waals surface area contributed by atoms with Gasteiger partial charge in [0, 0.05) is 18.2 Å². The Morgan fingerprint density at radius 1 is 1.50 bits per heavy atom. The highest BCUT2D eigenvalue weighted by molar-refractivity contribution is 5.72. The van der Waals surface area contributed by atoms with E-state index in [1.54, 1.807) is 12.3 Å². The highest BCUT2D eigenvalue weighted by atomic mass is 16.4. The topological polar surface area (TPSA) is 75.1 Å². The average molecular weight is 249 g/mol. The van der Waals surface area contributed by atoms with Gasteiger partial charge in [-0.25, -0.2) is 9.97 Å². The van der Waals surface area contributed by atoms with Gasteiger partial charge in [-0.05, 0) is 18.9 Å². The molecule has 0 radical (unpaired) electrons. The molecule has 1 fully saturated rings. The Bertz CT molecular complexity index is 434. The van der Waals surface area contributed by atoms with Gasteiger partial charge < -0.3 is 10.4 Å². The summed E-state index contributed by atoms with van der Waals surface area (Å²) < 4.78 is 0. The molecule has 0 saturated heterocycles. The van der Waals surface area contributed by atoms with E-state index in [9.17, 15) is 4.79 Å². The van der Waals surface area contributed by atoms with E-state index in [4.69, 9.17) is 5.11 Å². The van der Waals surface area contributed by atoms with Gasteiger partial charge in [0.1, 0.15) is 11.6 Å². The molecule has 18 heavy (non-hydrogen) atoms. The maximum absolute atomic E-state index is 11.1. The van der Waals surface area contributed by atoms with E-state index in [0.717, 1.165) is 30.9 Å². The maximum Gasteiger partial charge on any atom is 0.308 e. The molecule has 5 heteroatoms. The molecule has 98 valence electrons. The van der Waals surface area contributed by atoms with E-state index in [1.165, 1.54) is 0 Å². The Balaban J connectivity index is 2.09. The van der Waals surface area contributed by atoms with Gasteiger partial charge in [-0.1, -0.05) is 20.3 Å². The summed E-state index contributed by atoms with van der Waals surface area (Å²) in [5.74, 6) is 0.757. The monoisotopic (exact) mass is 249 g/mol. The van der Waals surface area contributed by atoms with E-state index in [1.807, 2.05) is 13.8 Å². The van der Waals surface area contributed by atoms with Crippen LogP contribution < -0.4 is 5.32 Å². The number of carbonyl (C=O) groups is 1. The highest BCUT2D eigenvalue weighted by Gasteiger charge is 2.33. The molecule has 0 spiro atoms. The third-order valence-electron chi connectivity index (χ3n) is 3.36. The van der Waals surface area contributed by atoms with Crippen molar-refractivity contribution in [2.45, 2.75) is 45.1 Å². The van der Waals surface area contributed by atoms with Crippen LogP contribution in [-0.4, -0.2) is 27.1 Å². The third kappa shape index (κ3) is 2.78. The van der Waals surface area contributed by atoms with Crippen molar-refractivity contribution in [3.63, 3.8) is 0 Å². The first-order chi connectivity index (χ1) is 8.58. The van der Waals surface area contributed by atoms with Crippen LogP contribution in [0.2, 0.25) is 0 Å².